The molecule has 1 fully saturated rings. The molecule has 1 unspecified atom stereocenters. The quantitative estimate of drug-likeness (QED) is 0.857. The van der Waals surface area contributed by atoms with E-state index in [0.29, 0.717) is 6.04 Å². The van der Waals surface area contributed by atoms with E-state index < -0.39 is 12.1 Å². The van der Waals surface area contributed by atoms with Crippen molar-refractivity contribution in [3.8, 4) is 5.88 Å². The number of rotatable bonds is 4. The van der Waals surface area contributed by atoms with Gasteiger partial charge < -0.3 is 10.1 Å². The number of carbonyl (C=O) groups excluding carboxylic acids is 1. The number of nitrogens with zero attached hydrogens (tertiary/aromatic N) is 3. The van der Waals surface area contributed by atoms with Crippen LogP contribution in [-0.2, 0) is 11.8 Å². The van der Waals surface area contributed by atoms with Crippen LogP contribution < -0.4 is 10.1 Å². The number of hydrogen-bond acceptors (Lipinski definition) is 5. The molecule has 0 aliphatic carbocycles. The Hall–Kier alpha value is -1.77. The van der Waals surface area contributed by atoms with Crippen molar-refractivity contribution in [3.63, 3.8) is 0 Å². The number of hydrogen-bond donors (Lipinski definition) is 1. The fourth-order valence-corrected chi connectivity index (χ4v) is 2.38. The van der Waals surface area contributed by atoms with Crippen molar-refractivity contribution >= 4 is 11.7 Å². The zero-order chi connectivity index (χ0) is 16.5. The fraction of sp³-hybridized carbons (Fsp3) is 0.692. The first kappa shape index (κ1) is 16.6. The predicted octanol–water partition coefficient (Wildman–Crippen LogP) is 1.78. The number of carbonyl (C=O) groups is 1. The Labute approximate surface area is 126 Å². The SMILES string of the molecule is CC(C)N1CCC(Nc2cn(C)nc2OC(=O)C(F)(F)F)C1. The van der Waals surface area contributed by atoms with Crippen LogP contribution in [0.5, 0.6) is 5.88 Å². The smallest absolute Gasteiger partial charge is 0.397 e. The Bertz CT molecular complexity index is 542. The molecular formula is C13H19F3N4O2. The van der Waals surface area contributed by atoms with Crippen molar-refractivity contribution in [3.05, 3.63) is 6.20 Å². The summed E-state index contributed by atoms with van der Waals surface area (Å²) in [6, 6.07) is 0.484. The third kappa shape index (κ3) is 3.90. The van der Waals surface area contributed by atoms with Crippen LogP contribution in [0.2, 0.25) is 0 Å². The number of alkyl halides is 3. The predicted molar refractivity (Wildman–Crippen MR) is 73.6 cm³/mol. The summed E-state index contributed by atoms with van der Waals surface area (Å²) >= 11 is 0. The van der Waals surface area contributed by atoms with Gasteiger partial charge in [-0.15, -0.1) is 5.10 Å². The van der Waals surface area contributed by atoms with E-state index in [1.165, 1.54) is 10.9 Å². The van der Waals surface area contributed by atoms with E-state index in [1.807, 2.05) is 0 Å². The van der Waals surface area contributed by atoms with Crippen molar-refractivity contribution in [1.29, 1.82) is 0 Å². The number of aryl methyl sites for hydroxylation is 1. The highest BCUT2D eigenvalue weighted by atomic mass is 19.4. The standard InChI is InChI=1S/C13H19F3N4O2/c1-8(2)20-5-4-9(6-20)17-10-7-19(3)18-11(10)22-12(21)13(14,15)16/h7-9,17H,4-6H2,1-3H3. The lowest BCUT2D eigenvalue weighted by Crippen LogP contribution is -2.31. The molecule has 1 aromatic rings. The summed E-state index contributed by atoms with van der Waals surface area (Å²) in [4.78, 5) is 13.2. The van der Waals surface area contributed by atoms with E-state index in [9.17, 15) is 18.0 Å². The summed E-state index contributed by atoms with van der Waals surface area (Å²) in [5.41, 5.74) is 0.288. The Kier molecular flexibility index (Phi) is 4.64. The van der Waals surface area contributed by atoms with Crippen LogP contribution in [0.25, 0.3) is 0 Å². The number of halogens is 3. The van der Waals surface area contributed by atoms with Gasteiger partial charge in [-0.25, -0.2) is 4.79 Å². The zero-order valence-corrected chi connectivity index (χ0v) is 12.6. The number of esters is 1. The van der Waals surface area contributed by atoms with Crippen molar-refractivity contribution in [2.45, 2.75) is 38.5 Å². The fourth-order valence-electron chi connectivity index (χ4n) is 2.38. The Morgan fingerprint density at radius 1 is 1.50 bits per heavy atom. The number of anilines is 1. The Balaban J connectivity index is 2.05. The van der Waals surface area contributed by atoms with Crippen LogP contribution in [0.4, 0.5) is 18.9 Å². The van der Waals surface area contributed by atoms with Gasteiger partial charge in [-0.3, -0.25) is 9.58 Å². The molecule has 0 amide bonds. The Morgan fingerprint density at radius 3 is 2.73 bits per heavy atom. The lowest BCUT2D eigenvalue weighted by molar-refractivity contribution is -0.189. The highest BCUT2D eigenvalue weighted by molar-refractivity contribution is 5.79. The lowest BCUT2D eigenvalue weighted by Gasteiger charge is -2.20. The third-order valence-electron chi connectivity index (χ3n) is 3.53. The van der Waals surface area contributed by atoms with Gasteiger partial charge in [0.1, 0.15) is 5.69 Å². The highest BCUT2D eigenvalue weighted by Gasteiger charge is 2.42. The average molecular weight is 320 g/mol. The van der Waals surface area contributed by atoms with Crippen molar-refractivity contribution in [1.82, 2.24) is 14.7 Å². The topological polar surface area (TPSA) is 59.4 Å². The maximum atomic E-state index is 12.3. The first-order chi connectivity index (χ1) is 10.2. The number of nitrogens with one attached hydrogen (secondary N) is 1. The number of likely N-dealkylation sites (tertiary alicyclic amines) is 1. The van der Waals surface area contributed by atoms with Gasteiger partial charge in [-0.2, -0.15) is 13.2 Å². The molecule has 2 heterocycles. The molecule has 1 aliphatic rings. The van der Waals surface area contributed by atoms with E-state index in [0.717, 1.165) is 19.5 Å². The minimum Gasteiger partial charge on any atom is -0.397 e. The first-order valence-corrected chi connectivity index (χ1v) is 7.00. The second-order valence-electron chi connectivity index (χ2n) is 5.63. The van der Waals surface area contributed by atoms with Gasteiger partial charge >= 0.3 is 12.1 Å². The van der Waals surface area contributed by atoms with Crippen LogP contribution in [0, 0.1) is 0 Å². The molecule has 1 aromatic heterocycles. The van der Waals surface area contributed by atoms with Crippen LogP contribution >= 0.6 is 0 Å². The van der Waals surface area contributed by atoms with E-state index >= 15 is 0 Å². The zero-order valence-electron chi connectivity index (χ0n) is 12.6. The van der Waals surface area contributed by atoms with Gasteiger partial charge in [0.2, 0.25) is 0 Å². The molecule has 22 heavy (non-hydrogen) atoms. The lowest BCUT2D eigenvalue weighted by atomic mass is 10.2. The van der Waals surface area contributed by atoms with Crippen LogP contribution in [0.1, 0.15) is 20.3 Å². The molecular weight excluding hydrogens is 301 g/mol. The van der Waals surface area contributed by atoms with Crippen molar-refractivity contribution in [2.75, 3.05) is 18.4 Å². The summed E-state index contributed by atoms with van der Waals surface area (Å²) < 4.78 is 42.5. The molecule has 2 rings (SSSR count). The van der Waals surface area contributed by atoms with E-state index in [2.05, 4.69) is 33.9 Å². The van der Waals surface area contributed by atoms with Crippen LogP contribution in [0.15, 0.2) is 6.20 Å². The van der Waals surface area contributed by atoms with Crippen molar-refractivity contribution in [2.24, 2.45) is 7.05 Å². The van der Waals surface area contributed by atoms with Crippen LogP contribution in [0.3, 0.4) is 0 Å². The van der Waals surface area contributed by atoms with Crippen LogP contribution in [-0.4, -0.2) is 52.0 Å². The Morgan fingerprint density at radius 2 is 2.18 bits per heavy atom. The van der Waals surface area contributed by atoms with Gasteiger partial charge in [-0.05, 0) is 20.3 Å². The highest BCUT2D eigenvalue weighted by Crippen LogP contribution is 2.27. The first-order valence-electron chi connectivity index (χ1n) is 7.00. The second-order valence-corrected chi connectivity index (χ2v) is 5.63. The molecule has 1 atom stereocenters. The second kappa shape index (κ2) is 6.15. The molecule has 9 heteroatoms. The summed E-state index contributed by atoms with van der Waals surface area (Å²) in [5, 5.41) is 6.86. The van der Waals surface area contributed by atoms with Crippen molar-refractivity contribution < 1.29 is 22.7 Å². The molecule has 6 nitrogen and oxygen atoms in total. The third-order valence-corrected chi connectivity index (χ3v) is 3.53. The molecule has 0 saturated carbocycles. The summed E-state index contributed by atoms with van der Waals surface area (Å²) in [7, 11) is 1.55. The maximum Gasteiger partial charge on any atom is 0.491 e. The summed E-state index contributed by atoms with van der Waals surface area (Å²) in [6.45, 7) is 5.86. The molecule has 1 N–H and O–H groups in total. The monoisotopic (exact) mass is 320 g/mol. The minimum absolute atomic E-state index is 0.0786. The van der Waals surface area contributed by atoms with Gasteiger partial charge in [0.15, 0.2) is 0 Å². The minimum atomic E-state index is -5.05. The summed E-state index contributed by atoms with van der Waals surface area (Å²) in [5.74, 6) is -2.63. The van der Waals surface area contributed by atoms with Gasteiger partial charge in [-0.1, -0.05) is 0 Å². The molecule has 124 valence electrons. The average Bonchev–Trinajstić information content (AvgIpc) is 2.96. The normalized spacial score (nSPS) is 19.7. The molecule has 1 aliphatic heterocycles. The molecule has 0 aromatic carbocycles. The van der Waals surface area contributed by atoms with Gasteiger partial charge in [0, 0.05) is 32.2 Å². The molecule has 0 spiro atoms. The van der Waals surface area contributed by atoms with Gasteiger partial charge in [0.25, 0.3) is 5.88 Å². The number of ether oxygens (including phenoxy) is 1. The number of aromatic nitrogens is 2. The molecule has 0 bridgehead atoms. The molecule has 1 saturated heterocycles. The van der Waals surface area contributed by atoms with E-state index in [-0.39, 0.29) is 17.6 Å². The molecule has 0 radical (unpaired) electrons. The largest absolute Gasteiger partial charge is 0.491 e. The maximum absolute atomic E-state index is 12.3. The van der Waals surface area contributed by atoms with E-state index in [4.69, 9.17) is 0 Å². The van der Waals surface area contributed by atoms with E-state index in [1.54, 1.807) is 7.05 Å². The van der Waals surface area contributed by atoms with Gasteiger partial charge in [0.05, 0.1) is 6.20 Å². The summed E-state index contributed by atoms with van der Waals surface area (Å²) in [6.07, 6.45) is -2.69.